The third kappa shape index (κ3) is 1.24. The molecule has 1 aliphatic heterocycles. The maximum atomic E-state index is 13.5. The fourth-order valence-corrected chi connectivity index (χ4v) is 4.63. The topological polar surface area (TPSA) is 80.3 Å². The predicted octanol–water partition coefficient (Wildman–Crippen LogP) is 0.256. The molecule has 0 spiro atoms. The zero-order valence-electron chi connectivity index (χ0n) is 7.96. The lowest BCUT2D eigenvalue weighted by Gasteiger charge is -2.41. The standard InChI is InChI=1S/C5H7F4NO4S2/c1-3(6)4(2,7)15(11,12)10-16(13,14)5(3,8)9/h10H,1-2H3. The molecule has 1 heterocycles. The largest absolute Gasteiger partial charge is 0.397 e. The van der Waals surface area contributed by atoms with Crippen LogP contribution in [0.1, 0.15) is 13.8 Å². The normalized spacial score (nSPS) is 45.1. The van der Waals surface area contributed by atoms with Gasteiger partial charge in [-0.3, -0.25) is 0 Å². The summed E-state index contributed by atoms with van der Waals surface area (Å²) in [6.07, 6.45) is 0. The zero-order chi connectivity index (χ0) is 13.2. The van der Waals surface area contributed by atoms with E-state index in [-0.39, 0.29) is 13.8 Å². The fourth-order valence-electron chi connectivity index (χ4n) is 1.04. The molecule has 0 amide bonds. The molecule has 0 aromatic heterocycles. The van der Waals surface area contributed by atoms with Crippen molar-refractivity contribution in [3.8, 4) is 0 Å². The van der Waals surface area contributed by atoms with Crippen LogP contribution in [0.3, 0.4) is 0 Å². The summed E-state index contributed by atoms with van der Waals surface area (Å²) in [5.41, 5.74) is -4.40. The molecule has 0 bridgehead atoms. The molecule has 1 rings (SSSR count). The number of halogens is 4. The summed E-state index contributed by atoms with van der Waals surface area (Å²) in [6.45, 7) is -0.0964. The molecular weight excluding hydrogens is 278 g/mol. The minimum atomic E-state index is -5.83. The molecule has 5 nitrogen and oxygen atoms in total. The van der Waals surface area contributed by atoms with Gasteiger partial charge in [-0.25, -0.2) is 25.6 Å². The Kier molecular flexibility index (Phi) is 2.45. The molecule has 1 fully saturated rings. The average Bonchev–Trinajstić information content (AvgIpc) is 1.98. The van der Waals surface area contributed by atoms with E-state index in [2.05, 4.69) is 0 Å². The molecule has 2 atom stereocenters. The van der Waals surface area contributed by atoms with Crippen molar-refractivity contribution in [1.82, 2.24) is 4.13 Å². The molecular formula is C5H7F4NO4S2. The van der Waals surface area contributed by atoms with Crippen molar-refractivity contribution >= 4 is 20.0 Å². The summed E-state index contributed by atoms with van der Waals surface area (Å²) in [5.74, 6) is 0. The second kappa shape index (κ2) is 2.88. The Morgan fingerprint density at radius 1 is 0.875 bits per heavy atom. The van der Waals surface area contributed by atoms with Crippen molar-refractivity contribution in [3.63, 3.8) is 0 Å². The fraction of sp³-hybridized carbons (Fsp3) is 1.00. The highest BCUT2D eigenvalue weighted by atomic mass is 32.3. The number of sulfonamides is 2. The van der Waals surface area contributed by atoms with Crippen LogP contribution in [0.25, 0.3) is 0 Å². The van der Waals surface area contributed by atoms with Gasteiger partial charge in [0.25, 0.3) is 25.0 Å². The monoisotopic (exact) mass is 285 g/mol. The highest BCUT2D eigenvalue weighted by Gasteiger charge is 2.79. The Labute approximate surface area is 88.9 Å². The van der Waals surface area contributed by atoms with Gasteiger partial charge in [-0.05, 0) is 13.8 Å². The van der Waals surface area contributed by atoms with Gasteiger partial charge >= 0.3 is 5.25 Å². The number of hydrogen-bond acceptors (Lipinski definition) is 4. The van der Waals surface area contributed by atoms with E-state index in [0.29, 0.717) is 4.13 Å². The first-order valence-corrected chi connectivity index (χ1v) is 6.71. The van der Waals surface area contributed by atoms with Crippen LogP contribution in [0, 0.1) is 0 Å². The summed E-state index contributed by atoms with van der Waals surface area (Å²) in [6, 6.07) is 0. The van der Waals surface area contributed by atoms with E-state index in [0.717, 1.165) is 0 Å². The molecule has 2 unspecified atom stereocenters. The minimum Gasteiger partial charge on any atom is -0.231 e. The van der Waals surface area contributed by atoms with Crippen LogP contribution in [0.4, 0.5) is 17.6 Å². The third-order valence-corrected chi connectivity index (χ3v) is 6.65. The Balaban J connectivity index is 3.70. The molecule has 0 aromatic carbocycles. The lowest BCUT2D eigenvalue weighted by Crippen LogP contribution is -2.71. The number of rotatable bonds is 0. The maximum Gasteiger partial charge on any atom is 0.397 e. The molecule has 0 aromatic rings. The van der Waals surface area contributed by atoms with E-state index in [4.69, 9.17) is 0 Å². The van der Waals surface area contributed by atoms with Crippen molar-refractivity contribution in [3.05, 3.63) is 0 Å². The van der Waals surface area contributed by atoms with E-state index in [1.807, 2.05) is 0 Å². The molecule has 1 saturated heterocycles. The van der Waals surface area contributed by atoms with Gasteiger partial charge in [0.1, 0.15) is 0 Å². The van der Waals surface area contributed by atoms with E-state index in [1.54, 1.807) is 0 Å². The van der Waals surface area contributed by atoms with Crippen LogP contribution in [-0.2, 0) is 20.0 Å². The zero-order valence-corrected chi connectivity index (χ0v) is 9.59. The Hall–Kier alpha value is -0.420. The molecule has 0 radical (unpaired) electrons. The van der Waals surface area contributed by atoms with E-state index in [9.17, 15) is 34.4 Å². The van der Waals surface area contributed by atoms with Crippen LogP contribution in [0.2, 0.25) is 0 Å². The van der Waals surface area contributed by atoms with E-state index >= 15 is 0 Å². The lowest BCUT2D eigenvalue weighted by molar-refractivity contribution is -0.115. The Morgan fingerprint density at radius 2 is 1.25 bits per heavy atom. The van der Waals surface area contributed by atoms with Crippen LogP contribution < -0.4 is 4.13 Å². The Bertz CT molecular complexity index is 475. The van der Waals surface area contributed by atoms with Crippen LogP contribution >= 0.6 is 0 Å². The summed E-state index contributed by atoms with van der Waals surface area (Å²) < 4.78 is 97.1. The van der Waals surface area contributed by atoms with Gasteiger partial charge in [-0.15, -0.1) is 4.13 Å². The van der Waals surface area contributed by atoms with Crippen LogP contribution in [0.5, 0.6) is 0 Å². The lowest BCUT2D eigenvalue weighted by atomic mass is 10.0. The molecule has 96 valence electrons. The quantitative estimate of drug-likeness (QED) is 0.647. The molecule has 0 saturated carbocycles. The van der Waals surface area contributed by atoms with E-state index in [1.165, 1.54) is 0 Å². The molecule has 1 N–H and O–H groups in total. The highest BCUT2D eigenvalue weighted by molar-refractivity contribution is 8.06. The summed E-state index contributed by atoms with van der Waals surface area (Å²) in [5, 5.41) is -9.27. The van der Waals surface area contributed by atoms with Gasteiger partial charge in [0.2, 0.25) is 5.67 Å². The number of nitrogens with one attached hydrogen (secondary N) is 1. The second-order valence-electron chi connectivity index (χ2n) is 3.53. The van der Waals surface area contributed by atoms with Gasteiger partial charge in [-0.1, -0.05) is 0 Å². The summed E-state index contributed by atoms with van der Waals surface area (Å²) >= 11 is 0. The molecule has 1 aliphatic rings. The Morgan fingerprint density at radius 3 is 1.62 bits per heavy atom. The van der Waals surface area contributed by atoms with Crippen molar-refractivity contribution in [1.29, 1.82) is 0 Å². The van der Waals surface area contributed by atoms with Crippen molar-refractivity contribution in [2.75, 3.05) is 0 Å². The third-order valence-electron chi connectivity index (χ3n) is 2.45. The van der Waals surface area contributed by atoms with Crippen LogP contribution in [0.15, 0.2) is 0 Å². The first-order valence-electron chi connectivity index (χ1n) is 3.74. The SMILES string of the molecule is CC1(F)C(C)(F)S(=O)(=O)NS(=O)(=O)C1(F)F. The number of hydrogen-bond donors (Lipinski definition) is 1. The van der Waals surface area contributed by atoms with Crippen molar-refractivity contribution in [2.24, 2.45) is 0 Å². The minimum absolute atomic E-state index is 0.0257. The molecule has 11 heteroatoms. The maximum absolute atomic E-state index is 13.5. The molecule has 0 aliphatic carbocycles. The van der Waals surface area contributed by atoms with Gasteiger partial charge < -0.3 is 0 Å². The van der Waals surface area contributed by atoms with E-state index < -0.39 is 36.0 Å². The summed E-state index contributed by atoms with van der Waals surface area (Å²) in [4.78, 5) is 0. The first kappa shape index (κ1) is 13.6. The van der Waals surface area contributed by atoms with Gasteiger partial charge in [-0.2, -0.15) is 8.78 Å². The number of alkyl halides is 4. The van der Waals surface area contributed by atoms with Gasteiger partial charge in [0.05, 0.1) is 0 Å². The van der Waals surface area contributed by atoms with Gasteiger partial charge in [0, 0.05) is 0 Å². The van der Waals surface area contributed by atoms with Gasteiger partial charge in [0.15, 0.2) is 0 Å². The molecule has 16 heavy (non-hydrogen) atoms. The second-order valence-corrected chi connectivity index (χ2v) is 7.49. The first-order chi connectivity index (χ1) is 6.71. The highest BCUT2D eigenvalue weighted by Crippen LogP contribution is 2.51. The summed E-state index contributed by atoms with van der Waals surface area (Å²) in [7, 11) is -11.2. The van der Waals surface area contributed by atoms with Crippen molar-refractivity contribution < 1.29 is 34.4 Å². The predicted molar refractivity (Wildman–Crippen MR) is 44.9 cm³/mol. The van der Waals surface area contributed by atoms with Crippen molar-refractivity contribution in [2.45, 2.75) is 29.8 Å². The average molecular weight is 285 g/mol. The van der Waals surface area contributed by atoms with Crippen LogP contribution in [-0.4, -0.2) is 32.8 Å². The smallest absolute Gasteiger partial charge is 0.231 e.